The van der Waals surface area contributed by atoms with Crippen LogP contribution in [0.15, 0.2) is 48.5 Å². The lowest BCUT2D eigenvalue weighted by atomic mass is 10.1. The first-order valence-electron chi connectivity index (χ1n) is 6.36. The Labute approximate surface area is 122 Å². The maximum atomic E-state index is 10.4. The summed E-state index contributed by atoms with van der Waals surface area (Å²) in [4.78, 5) is 10.4. The van der Waals surface area contributed by atoms with Crippen molar-refractivity contribution in [3.05, 3.63) is 53.6 Å². The number of rotatable bonds is 6. The molecule has 0 bridgehead atoms. The quantitative estimate of drug-likeness (QED) is 0.809. The highest BCUT2D eigenvalue weighted by molar-refractivity contribution is 6.30. The highest BCUT2D eigenvalue weighted by atomic mass is 35.5. The molecule has 104 valence electrons. The summed E-state index contributed by atoms with van der Waals surface area (Å²) in [5.74, 6) is -0.0636. The largest absolute Gasteiger partial charge is 0.494 e. The van der Waals surface area contributed by atoms with Crippen LogP contribution in [0.2, 0.25) is 5.02 Å². The van der Waals surface area contributed by atoms with Crippen molar-refractivity contribution in [3.63, 3.8) is 0 Å². The first-order valence-corrected chi connectivity index (χ1v) is 6.73. The molecule has 0 radical (unpaired) electrons. The van der Waals surface area contributed by atoms with E-state index in [1.807, 2.05) is 48.5 Å². The summed E-state index contributed by atoms with van der Waals surface area (Å²) < 4.78 is 5.55. The third kappa shape index (κ3) is 4.28. The summed E-state index contributed by atoms with van der Waals surface area (Å²) >= 11 is 5.87. The lowest BCUT2D eigenvalue weighted by Gasteiger charge is -2.08. The maximum Gasteiger partial charge on any atom is 0.303 e. The summed E-state index contributed by atoms with van der Waals surface area (Å²) in [6.45, 7) is 0.399. The van der Waals surface area contributed by atoms with Gasteiger partial charge in [0.1, 0.15) is 5.75 Å². The second kappa shape index (κ2) is 6.96. The Balaban J connectivity index is 2.00. The molecule has 0 saturated heterocycles. The fourth-order valence-corrected chi connectivity index (χ4v) is 1.95. The molecule has 0 amide bonds. The number of halogens is 1. The molecule has 4 heteroatoms. The predicted octanol–water partition coefficient (Wildman–Crippen LogP) is 4.25. The zero-order chi connectivity index (χ0) is 14.4. The first-order chi connectivity index (χ1) is 9.65. The van der Waals surface area contributed by atoms with Crippen molar-refractivity contribution in [3.8, 4) is 16.9 Å². The molecular formula is C16H15ClO3. The minimum absolute atomic E-state index is 0.122. The number of hydrogen-bond donors (Lipinski definition) is 1. The van der Waals surface area contributed by atoms with Crippen LogP contribution in [0.3, 0.4) is 0 Å². The molecule has 2 aromatic rings. The third-order valence-electron chi connectivity index (χ3n) is 2.82. The average Bonchev–Trinajstić information content (AvgIpc) is 2.44. The highest BCUT2D eigenvalue weighted by Gasteiger charge is 2.01. The van der Waals surface area contributed by atoms with Gasteiger partial charge in [0, 0.05) is 11.4 Å². The highest BCUT2D eigenvalue weighted by Crippen LogP contribution is 2.25. The number of carboxylic acids is 1. The lowest BCUT2D eigenvalue weighted by Crippen LogP contribution is -2.02. The molecule has 20 heavy (non-hydrogen) atoms. The number of aliphatic carboxylic acids is 1. The van der Waals surface area contributed by atoms with Crippen LogP contribution in [0.1, 0.15) is 12.8 Å². The van der Waals surface area contributed by atoms with Crippen molar-refractivity contribution in [2.75, 3.05) is 6.61 Å². The maximum absolute atomic E-state index is 10.4. The van der Waals surface area contributed by atoms with Crippen LogP contribution < -0.4 is 4.74 Å². The molecule has 0 aliphatic carbocycles. The van der Waals surface area contributed by atoms with E-state index in [4.69, 9.17) is 21.4 Å². The van der Waals surface area contributed by atoms with Gasteiger partial charge in [0.25, 0.3) is 0 Å². The van der Waals surface area contributed by atoms with Gasteiger partial charge in [-0.05, 0) is 41.8 Å². The normalized spacial score (nSPS) is 10.2. The van der Waals surface area contributed by atoms with Gasteiger partial charge in [-0.1, -0.05) is 35.9 Å². The third-order valence-corrected chi connectivity index (χ3v) is 3.07. The Morgan fingerprint density at radius 2 is 1.85 bits per heavy atom. The Morgan fingerprint density at radius 1 is 1.10 bits per heavy atom. The van der Waals surface area contributed by atoms with Crippen LogP contribution >= 0.6 is 11.6 Å². The Kier molecular flexibility index (Phi) is 5.02. The molecule has 0 fully saturated rings. The molecule has 1 N–H and O–H groups in total. The van der Waals surface area contributed by atoms with E-state index in [1.54, 1.807) is 0 Å². The van der Waals surface area contributed by atoms with Gasteiger partial charge in [-0.3, -0.25) is 4.79 Å². The Bertz CT molecular complexity index is 579. The Morgan fingerprint density at radius 3 is 2.55 bits per heavy atom. The molecular weight excluding hydrogens is 276 g/mol. The smallest absolute Gasteiger partial charge is 0.303 e. The van der Waals surface area contributed by atoms with Crippen molar-refractivity contribution in [2.24, 2.45) is 0 Å². The van der Waals surface area contributed by atoms with Crippen molar-refractivity contribution in [1.29, 1.82) is 0 Å². The van der Waals surface area contributed by atoms with Gasteiger partial charge in [-0.15, -0.1) is 0 Å². The SMILES string of the molecule is O=C(O)CCCOc1cccc(-c2ccc(Cl)cc2)c1. The molecule has 0 aliphatic rings. The summed E-state index contributed by atoms with van der Waals surface area (Å²) in [6, 6.07) is 15.3. The molecule has 0 atom stereocenters. The van der Waals surface area contributed by atoms with Crippen LogP contribution in [0.25, 0.3) is 11.1 Å². The van der Waals surface area contributed by atoms with E-state index in [-0.39, 0.29) is 6.42 Å². The van der Waals surface area contributed by atoms with Crippen LogP contribution in [-0.4, -0.2) is 17.7 Å². The summed E-state index contributed by atoms with van der Waals surface area (Å²) in [7, 11) is 0. The summed E-state index contributed by atoms with van der Waals surface area (Å²) in [5.41, 5.74) is 2.10. The van der Waals surface area contributed by atoms with Gasteiger partial charge in [0.2, 0.25) is 0 Å². The minimum atomic E-state index is -0.802. The van der Waals surface area contributed by atoms with E-state index in [1.165, 1.54) is 0 Å². The minimum Gasteiger partial charge on any atom is -0.494 e. The second-order valence-electron chi connectivity index (χ2n) is 4.38. The summed E-state index contributed by atoms with van der Waals surface area (Å²) in [6.07, 6.45) is 0.622. The fraction of sp³-hybridized carbons (Fsp3) is 0.188. The molecule has 0 saturated carbocycles. The molecule has 2 rings (SSSR count). The van der Waals surface area contributed by atoms with E-state index in [0.717, 1.165) is 16.9 Å². The monoisotopic (exact) mass is 290 g/mol. The van der Waals surface area contributed by atoms with Gasteiger partial charge >= 0.3 is 5.97 Å². The van der Waals surface area contributed by atoms with Crippen LogP contribution in [-0.2, 0) is 4.79 Å². The van der Waals surface area contributed by atoms with Gasteiger partial charge < -0.3 is 9.84 Å². The van der Waals surface area contributed by atoms with Crippen LogP contribution in [0.5, 0.6) is 5.75 Å². The molecule has 0 unspecified atom stereocenters. The standard InChI is InChI=1S/C16H15ClO3/c17-14-8-6-12(7-9-14)13-3-1-4-15(11-13)20-10-2-5-16(18)19/h1,3-4,6-9,11H,2,5,10H2,(H,18,19). The molecule has 0 spiro atoms. The van der Waals surface area contributed by atoms with E-state index in [2.05, 4.69) is 0 Å². The molecule has 2 aromatic carbocycles. The number of benzene rings is 2. The number of carboxylic acid groups (broad SMARTS) is 1. The van der Waals surface area contributed by atoms with Crippen molar-refractivity contribution in [1.82, 2.24) is 0 Å². The molecule has 0 heterocycles. The molecule has 3 nitrogen and oxygen atoms in total. The zero-order valence-electron chi connectivity index (χ0n) is 10.9. The van der Waals surface area contributed by atoms with E-state index in [9.17, 15) is 4.79 Å². The van der Waals surface area contributed by atoms with Gasteiger partial charge in [0.05, 0.1) is 6.61 Å². The molecule has 0 aliphatic heterocycles. The van der Waals surface area contributed by atoms with Crippen molar-refractivity contribution >= 4 is 17.6 Å². The Hall–Kier alpha value is -2.00. The van der Waals surface area contributed by atoms with Gasteiger partial charge in [0.15, 0.2) is 0 Å². The summed E-state index contributed by atoms with van der Waals surface area (Å²) in [5, 5.41) is 9.26. The van der Waals surface area contributed by atoms with E-state index in [0.29, 0.717) is 18.1 Å². The topological polar surface area (TPSA) is 46.5 Å². The van der Waals surface area contributed by atoms with Gasteiger partial charge in [-0.2, -0.15) is 0 Å². The van der Waals surface area contributed by atoms with Gasteiger partial charge in [-0.25, -0.2) is 0 Å². The lowest BCUT2D eigenvalue weighted by molar-refractivity contribution is -0.137. The average molecular weight is 291 g/mol. The predicted molar refractivity (Wildman–Crippen MR) is 79.3 cm³/mol. The second-order valence-corrected chi connectivity index (χ2v) is 4.82. The fourth-order valence-electron chi connectivity index (χ4n) is 1.82. The van der Waals surface area contributed by atoms with E-state index >= 15 is 0 Å². The number of ether oxygens (including phenoxy) is 1. The van der Waals surface area contributed by atoms with Crippen molar-refractivity contribution in [2.45, 2.75) is 12.8 Å². The first kappa shape index (κ1) is 14.4. The van der Waals surface area contributed by atoms with Crippen LogP contribution in [0, 0.1) is 0 Å². The number of hydrogen-bond acceptors (Lipinski definition) is 2. The zero-order valence-corrected chi connectivity index (χ0v) is 11.6. The van der Waals surface area contributed by atoms with Crippen LogP contribution in [0.4, 0.5) is 0 Å². The number of carbonyl (C=O) groups is 1. The van der Waals surface area contributed by atoms with Crippen molar-refractivity contribution < 1.29 is 14.6 Å². The van der Waals surface area contributed by atoms with E-state index < -0.39 is 5.97 Å². The molecule has 0 aromatic heterocycles.